The molecule has 2 heterocycles. The molecular formula is C122H78N2O2. The highest BCUT2D eigenvalue weighted by Crippen LogP contribution is 2.62. The van der Waals surface area contributed by atoms with Gasteiger partial charge in [-0.3, -0.25) is 0 Å². The van der Waals surface area contributed by atoms with Crippen molar-refractivity contribution < 1.29 is 8.83 Å². The summed E-state index contributed by atoms with van der Waals surface area (Å²) >= 11 is 0. The molecule has 0 amide bonds. The van der Waals surface area contributed by atoms with Crippen molar-refractivity contribution in [3.8, 4) is 44.5 Å². The summed E-state index contributed by atoms with van der Waals surface area (Å²) in [6.45, 7) is 0. The average molecular weight is 1600 g/mol. The molecule has 0 bridgehead atoms. The van der Waals surface area contributed by atoms with Crippen LogP contribution in [0.3, 0.4) is 0 Å². The molecule has 0 N–H and O–H groups in total. The minimum atomic E-state index is -0.537. The van der Waals surface area contributed by atoms with Crippen molar-refractivity contribution in [2.24, 2.45) is 0 Å². The van der Waals surface area contributed by atoms with Gasteiger partial charge in [0.25, 0.3) is 0 Å². The molecule has 24 aromatic rings. The van der Waals surface area contributed by atoms with Gasteiger partial charge in [-0.15, -0.1) is 0 Å². The highest BCUT2D eigenvalue weighted by molar-refractivity contribution is 6.22. The largest absolute Gasteiger partial charge is 0.455 e. The molecule has 0 radical (unpaired) electrons. The van der Waals surface area contributed by atoms with Crippen LogP contribution in [0.5, 0.6) is 0 Å². The number of hydrogen-bond donors (Lipinski definition) is 0. The molecule has 2 aliphatic rings. The Bertz CT molecular complexity index is 8380. The van der Waals surface area contributed by atoms with Gasteiger partial charge in [-0.25, -0.2) is 0 Å². The first-order chi connectivity index (χ1) is 62.5. The van der Waals surface area contributed by atoms with Crippen LogP contribution in [-0.2, 0) is 10.8 Å². The zero-order valence-corrected chi connectivity index (χ0v) is 68.7. The van der Waals surface area contributed by atoms with Gasteiger partial charge in [0, 0.05) is 44.2 Å². The molecule has 0 aliphatic heterocycles. The summed E-state index contributed by atoms with van der Waals surface area (Å²) in [5.74, 6) is 0. The van der Waals surface area contributed by atoms with Crippen LogP contribution >= 0.6 is 0 Å². The van der Waals surface area contributed by atoms with E-state index in [0.717, 1.165) is 99.5 Å². The first kappa shape index (κ1) is 72.4. The molecule has 26 rings (SSSR count). The minimum absolute atomic E-state index is 0.533. The van der Waals surface area contributed by atoms with E-state index in [1.807, 2.05) is 0 Å². The van der Waals surface area contributed by atoms with Gasteiger partial charge in [0.2, 0.25) is 0 Å². The van der Waals surface area contributed by atoms with E-state index in [2.05, 4.69) is 483 Å². The molecule has 4 heteroatoms. The number of fused-ring (bicyclic) bond motifs is 22. The maximum Gasteiger partial charge on any atom is 0.143 e. The van der Waals surface area contributed by atoms with E-state index >= 15 is 0 Å². The molecule has 0 spiro atoms. The number of furan rings is 2. The molecule has 4 nitrogen and oxygen atoms in total. The van der Waals surface area contributed by atoms with Crippen LogP contribution in [0.4, 0.5) is 34.1 Å². The summed E-state index contributed by atoms with van der Waals surface area (Å²) < 4.78 is 13.7. The van der Waals surface area contributed by atoms with Crippen molar-refractivity contribution in [1.82, 2.24) is 0 Å². The molecule has 0 unspecified atom stereocenters. The number of rotatable bonds is 12. The van der Waals surface area contributed by atoms with Crippen molar-refractivity contribution in [3.63, 3.8) is 0 Å². The predicted octanol–water partition coefficient (Wildman–Crippen LogP) is 33.1. The summed E-state index contributed by atoms with van der Waals surface area (Å²) in [5, 5.41) is 19.0. The molecule has 588 valence electrons. The van der Waals surface area contributed by atoms with Gasteiger partial charge < -0.3 is 18.6 Å². The van der Waals surface area contributed by atoms with Crippen molar-refractivity contribution in [2.45, 2.75) is 10.8 Å². The van der Waals surface area contributed by atoms with Crippen LogP contribution < -0.4 is 9.80 Å². The van der Waals surface area contributed by atoms with Gasteiger partial charge in [-0.05, 0) is 228 Å². The minimum Gasteiger partial charge on any atom is -0.455 e. The van der Waals surface area contributed by atoms with Crippen LogP contribution in [-0.4, -0.2) is 0 Å². The first-order valence-electron chi connectivity index (χ1n) is 43.5. The second-order valence-corrected chi connectivity index (χ2v) is 33.5. The maximum atomic E-state index is 6.84. The van der Waals surface area contributed by atoms with Crippen molar-refractivity contribution in [3.05, 3.63) is 518 Å². The number of hydrogen-bond acceptors (Lipinski definition) is 4. The quantitative estimate of drug-likeness (QED) is 0.114. The smallest absolute Gasteiger partial charge is 0.143 e. The Morgan fingerprint density at radius 1 is 0.183 bits per heavy atom. The van der Waals surface area contributed by atoms with Gasteiger partial charge in [-0.2, -0.15) is 0 Å². The molecule has 0 fully saturated rings. The Balaban J connectivity index is 0.000000137. The zero-order valence-electron chi connectivity index (χ0n) is 68.7. The molecule has 22 aromatic carbocycles. The van der Waals surface area contributed by atoms with Gasteiger partial charge in [0.15, 0.2) is 0 Å². The van der Waals surface area contributed by atoms with Gasteiger partial charge in [0.1, 0.15) is 22.3 Å². The zero-order chi connectivity index (χ0) is 83.0. The predicted molar refractivity (Wildman–Crippen MR) is 527 cm³/mol. The van der Waals surface area contributed by atoms with E-state index < -0.39 is 10.8 Å². The monoisotopic (exact) mass is 1600 g/mol. The third-order valence-corrected chi connectivity index (χ3v) is 27.0. The molecule has 0 saturated heterocycles. The Morgan fingerprint density at radius 2 is 0.556 bits per heavy atom. The lowest BCUT2D eigenvalue weighted by atomic mass is 9.67. The first-order valence-corrected chi connectivity index (χ1v) is 43.5. The lowest BCUT2D eigenvalue weighted by Crippen LogP contribution is -2.28. The topological polar surface area (TPSA) is 32.8 Å². The van der Waals surface area contributed by atoms with Gasteiger partial charge in [0.05, 0.1) is 38.7 Å². The van der Waals surface area contributed by atoms with Crippen LogP contribution in [0, 0.1) is 0 Å². The Labute approximate surface area is 729 Å². The number of anilines is 6. The van der Waals surface area contributed by atoms with E-state index in [-0.39, 0.29) is 0 Å². The van der Waals surface area contributed by atoms with Crippen LogP contribution in [0.15, 0.2) is 482 Å². The molecule has 2 aliphatic carbocycles. The Hall–Kier alpha value is -16.4. The van der Waals surface area contributed by atoms with Crippen molar-refractivity contribution in [1.29, 1.82) is 0 Å². The Morgan fingerprint density at radius 3 is 1.14 bits per heavy atom. The summed E-state index contributed by atoms with van der Waals surface area (Å²) in [4.78, 5) is 4.92. The summed E-state index contributed by atoms with van der Waals surface area (Å²) in [7, 11) is 0. The van der Waals surface area contributed by atoms with E-state index in [1.165, 1.54) is 132 Å². The fraction of sp³-hybridized carbons (Fsp3) is 0.0164. The standard InChI is InChI=1S/2C61H39NO/c1-3-18-43(19-4-1)61(44-20-5-2-6-21-44)55-27-14-13-26-51(55)52-37-35-46(39-56(52)61)62(57-28-15-29-58-59(57)53-36-32-40-16-7-10-23-48(40)60(53)63-58)45-33-30-41(31-34-45)54-38-42-17-8-9-22-47(42)49-24-11-12-25-50(49)54;1-3-17-45(18-4-1)61(46-19-5-2-6-20-46)53-24-12-11-23-51(53)58-54(61)25-13-26-55(58)62(56-27-14-28-57-59(56)52-38-33-42-16-8-10-22-50(42)60(52)63-57)47-35-31-40(32-36-47)43-34-37-49-44(39-43)30-29-41-15-7-9-21-48(41)49/h2*1-39H. The number of benzene rings is 22. The third-order valence-electron chi connectivity index (χ3n) is 27.0. The lowest BCUT2D eigenvalue weighted by Gasteiger charge is -2.35. The van der Waals surface area contributed by atoms with Crippen LogP contribution in [0.2, 0.25) is 0 Å². The normalized spacial score (nSPS) is 12.9. The van der Waals surface area contributed by atoms with Gasteiger partial charge >= 0.3 is 0 Å². The van der Waals surface area contributed by atoms with Crippen LogP contribution in [0.25, 0.3) is 153 Å². The van der Waals surface area contributed by atoms with E-state index in [1.54, 1.807) is 0 Å². The highest BCUT2D eigenvalue weighted by Gasteiger charge is 2.49. The molecule has 0 atom stereocenters. The Kier molecular flexibility index (Phi) is 16.8. The second kappa shape index (κ2) is 29.2. The van der Waals surface area contributed by atoms with E-state index in [4.69, 9.17) is 8.83 Å². The second-order valence-electron chi connectivity index (χ2n) is 33.5. The summed E-state index contributed by atoms with van der Waals surface area (Å²) in [5.41, 5.74) is 28.7. The molecule has 0 saturated carbocycles. The summed E-state index contributed by atoms with van der Waals surface area (Å²) in [6, 6.07) is 173. The number of nitrogens with zero attached hydrogens (tertiary/aromatic N) is 2. The lowest BCUT2D eigenvalue weighted by molar-refractivity contribution is 0.672. The molecule has 2 aromatic heterocycles. The van der Waals surface area contributed by atoms with Crippen molar-refractivity contribution >= 4 is 143 Å². The third kappa shape index (κ3) is 11.1. The maximum absolute atomic E-state index is 6.84. The van der Waals surface area contributed by atoms with Crippen LogP contribution in [0.1, 0.15) is 44.5 Å². The SMILES string of the molecule is c1ccc(C2(c3ccccc3)c3ccccc3-c3c(N(c4ccc(-c5ccc6c(ccc7ccccc76)c5)cc4)c4cccc5oc6c7ccccc7ccc6c45)cccc32)cc1.c1ccc(C2(c3ccccc3)c3ccccc3-c3ccc(N(c4ccc(-c5cc6ccccc6c6ccccc56)cc4)c4cccc5oc6c7ccccc7ccc6c45)cc32)cc1. The summed E-state index contributed by atoms with van der Waals surface area (Å²) in [6.07, 6.45) is 0. The fourth-order valence-electron chi connectivity index (χ4n) is 21.6. The molecule has 126 heavy (non-hydrogen) atoms. The van der Waals surface area contributed by atoms with E-state index in [9.17, 15) is 0 Å². The fourth-order valence-corrected chi connectivity index (χ4v) is 21.6. The van der Waals surface area contributed by atoms with Crippen molar-refractivity contribution in [2.75, 3.05) is 9.80 Å². The van der Waals surface area contributed by atoms with E-state index in [0.29, 0.717) is 0 Å². The molecular weight excluding hydrogens is 1530 g/mol. The van der Waals surface area contributed by atoms with Gasteiger partial charge in [-0.1, -0.05) is 382 Å². The average Bonchev–Trinajstić information content (AvgIpc) is 1.53. The highest BCUT2D eigenvalue weighted by atomic mass is 16.3.